The summed E-state index contributed by atoms with van der Waals surface area (Å²) < 4.78 is 18.5. The highest BCUT2D eigenvalue weighted by atomic mass is 19.1. The Labute approximate surface area is 114 Å². The Bertz CT molecular complexity index is 421. The Morgan fingerprint density at radius 2 is 2.21 bits per heavy atom. The topological polar surface area (TPSA) is 38.5 Å². The standard InChI is InChI=1S/C15H23FN2O/c1-11(12-3-4-12)18(7-8-19-2)15-6-5-14(16)9-13(15)10-17/h5-6,9,11-12H,3-4,7-8,10,17H2,1-2H3. The van der Waals surface area contributed by atoms with Gasteiger partial charge in [-0.05, 0) is 49.4 Å². The number of halogens is 1. The zero-order valence-corrected chi connectivity index (χ0v) is 11.7. The van der Waals surface area contributed by atoms with E-state index in [0.29, 0.717) is 19.2 Å². The Balaban J connectivity index is 2.25. The molecule has 1 unspecified atom stereocenters. The predicted molar refractivity (Wildman–Crippen MR) is 75.7 cm³/mol. The van der Waals surface area contributed by atoms with Crippen molar-refractivity contribution in [3.63, 3.8) is 0 Å². The summed E-state index contributed by atoms with van der Waals surface area (Å²) in [6, 6.07) is 5.33. The van der Waals surface area contributed by atoms with E-state index >= 15 is 0 Å². The first-order chi connectivity index (χ1) is 9.17. The number of anilines is 1. The fraction of sp³-hybridized carbons (Fsp3) is 0.600. The smallest absolute Gasteiger partial charge is 0.123 e. The summed E-state index contributed by atoms with van der Waals surface area (Å²) in [6.07, 6.45) is 2.56. The number of nitrogens with two attached hydrogens (primary N) is 1. The van der Waals surface area contributed by atoms with Crippen molar-refractivity contribution in [3.05, 3.63) is 29.6 Å². The van der Waals surface area contributed by atoms with E-state index in [0.717, 1.165) is 23.7 Å². The maximum atomic E-state index is 13.3. The zero-order valence-electron chi connectivity index (χ0n) is 11.7. The highest BCUT2D eigenvalue weighted by Crippen LogP contribution is 2.37. The molecule has 1 aliphatic rings. The minimum absolute atomic E-state index is 0.227. The molecular formula is C15H23FN2O. The fourth-order valence-corrected chi connectivity index (χ4v) is 2.56. The predicted octanol–water partition coefficient (Wildman–Crippen LogP) is 2.54. The minimum Gasteiger partial charge on any atom is -0.383 e. The lowest BCUT2D eigenvalue weighted by Crippen LogP contribution is -2.38. The van der Waals surface area contributed by atoms with E-state index in [2.05, 4.69) is 11.8 Å². The Morgan fingerprint density at radius 3 is 2.79 bits per heavy atom. The van der Waals surface area contributed by atoms with Crippen LogP contribution in [0.15, 0.2) is 18.2 Å². The average molecular weight is 266 g/mol. The maximum absolute atomic E-state index is 13.3. The van der Waals surface area contributed by atoms with Gasteiger partial charge < -0.3 is 15.4 Å². The lowest BCUT2D eigenvalue weighted by molar-refractivity contribution is 0.202. The van der Waals surface area contributed by atoms with Crippen molar-refractivity contribution in [2.45, 2.75) is 32.4 Å². The van der Waals surface area contributed by atoms with Crippen molar-refractivity contribution >= 4 is 5.69 Å². The van der Waals surface area contributed by atoms with E-state index in [-0.39, 0.29) is 5.82 Å². The highest BCUT2D eigenvalue weighted by molar-refractivity contribution is 5.55. The first kappa shape index (κ1) is 14.3. The molecular weight excluding hydrogens is 243 g/mol. The molecule has 0 aromatic heterocycles. The third-order valence-electron chi connectivity index (χ3n) is 3.90. The van der Waals surface area contributed by atoms with Crippen LogP contribution in [0, 0.1) is 11.7 Å². The molecule has 2 N–H and O–H groups in total. The number of hydrogen-bond acceptors (Lipinski definition) is 3. The van der Waals surface area contributed by atoms with Crippen LogP contribution >= 0.6 is 0 Å². The van der Waals surface area contributed by atoms with Gasteiger partial charge in [0.05, 0.1) is 6.61 Å². The van der Waals surface area contributed by atoms with E-state index < -0.39 is 0 Å². The first-order valence-electron chi connectivity index (χ1n) is 6.91. The molecule has 1 aromatic rings. The van der Waals surface area contributed by atoms with Crippen LogP contribution < -0.4 is 10.6 Å². The molecule has 19 heavy (non-hydrogen) atoms. The van der Waals surface area contributed by atoms with Crippen LogP contribution in [0.2, 0.25) is 0 Å². The number of benzene rings is 1. The van der Waals surface area contributed by atoms with Crippen molar-refractivity contribution in [1.29, 1.82) is 0 Å². The first-order valence-corrected chi connectivity index (χ1v) is 6.91. The van der Waals surface area contributed by atoms with Gasteiger partial charge in [-0.1, -0.05) is 0 Å². The number of nitrogens with zero attached hydrogens (tertiary/aromatic N) is 1. The summed E-state index contributed by atoms with van der Waals surface area (Å²) in [4.78, 5) is 2.31. The Kier molecular flexibility index (Phi) is 4.77. The van der Waals surface area contributed by atoms with Gasteiger partial charge in [0.25, 0.3) is 0 Å². The van der Waals surface area contributed by atoms with Gasteiger partial charge in [0.1, 0.15) is 5.82 Å². The van der Waals surface area contributed by atoms with Crippen LogP contribution in [0.5, 0.6) is 0 Å². The Morgan fingerprint density at radius 1 is 1.47 bits per heavy atom. The van der Waals surface area contributed by atoms with Crippen molar-refractivity contribution in [3.8, 4) is 0 Å². The van der Waals surface area contributed by atoms with E-state index in [1.807, 2.05) is 6.07 Å². The van der Waals surface area contributed by atoms with Crippen molar-refractivity contribution in [2.24, 2.45) is 11.7 Å². The van der Waals surface area contributed by atoms with Crippen LogP contribution in [0.3, 0.4) is 0 Å². The molecule has 1 saturated carbocycles. The molecule has 1 aliphatic carbocycles. The molecule has 0 heterocycles. The van der Waals surface area contributed by atoms with E-state index in [1.165, 1.54) is 25.0 Å². The quantitative estimate of drug-likeness (QED) is 0.824. The molecule has 0 amide bonds. The molecule has 4 heteroatoms. The van der Waals surface area contributed by atoms with Gasteiger partial charge in [-0.3, -0.25) is 0 Å². The van der Waals surface area contributed by atoms with Gasteiger partial charge in [-0.15, -0.1) is 0 Å². The molecule has 0 spiro atoms. The van der Waals surface area contributed by atoms with Crippen LogP contribution in [0.25, 0.3) is 0 Å². The molecule has 3 nitrogen and oxygen atoms in total. The molecule has 0 radical (unpaired) electrons. The zero-order chi connectivity index (χ0) is 13.8. The van der Waals surface area contributed by atoms with Gasteiger partial charge >= 0.3 is 0 Å². The van der Waals surface area contributed by atoms with E-state index in [4.69, 9.17) is 10.5 Å². The normalized spacial score (nSPS) is 16.4. The molecule has 0 saturated heterocycles. The number of rotatable bonds is 7. The molecule has 1 atom stereocenters. The second kappa shape index (κ2) is 6.35. The minimum atomic E-state index is -0.227. The largest absolute Gasteiger partial charge is 0.383 e. The summed E-state index contributed by atoms with van der Waals surface area (Å²) in [5, 5.41) is 0. The monoisotopic (exact) mass is 266 g/mol. The van der Waals surface area contributed by atoms with Gasteiger partial charge in [0.2, 0.25) is 0 Å². The second-order valence-electron chi connectivity index (χ2n) is 5.24. The third-order valence-corrected chi connectivity index (χ3v) is 3.90. The molecule has 0 bridgehead atoms. The average Bonchev–Trinajstić information content (AvgIpc) is 3.24. The summed E-state index contributed by atoms with van der Waals surface area (Å²) in [6.45, 7) is 4.07. The van der Waals surface area contributed by atoms with Crippen LogP contribution in [-0.2, 0) is 11.3 Å². The summed E-state index contributed by atoms with van der Waals surface area (Å²) in [5.41, 5.74) is 7.66. The summed E-state index contributed by atoms with van der Waals surface area (Å²) in [5.74, 6) is 0.516. The molecule has 2 rings (SSSR count). The summed E-state index contributed by atoms with van der Waals surface area (Å²) in [7, 11) is 1.70. The van der Waals surface area contributed by atoms with Crippen molar-refractivity contribution in [2.75, 3.05) is 25.2 Å². The van der Waals surface area contributed by atoms with Gasteiger partial charge in [0, 0.05) is 31.9 Å². The van der Waals surface area contributed by atoms with Gasteiger partial charge in [-0.2, -0.15) is 0 Å². The number of methoxy groups -OCH3 is 1. The molecule has 1 fully saturated rings. The lowest BCUT2D eigenvalue weighted by Gasteiger charge is -2.33. The maximum Gasteiger partial charge on any atom is 0.123 e. The third kappa shape index (κ3) is 3.45. The van der Waals surface area contributed by atoms with Crippen LogP contribution in [0.4, 0.5) is 10.1 Å². The second-order valence-corrected chi connectivity index (χ2v) is 5.24. The summed E-state index contributed by atoms with van der Waals surface area (Å²) >= 11 is 0. The van der Waals surface area contributed by atoms with Crippen LogP contribution in [0.1, 0.15) is 25.3 Å². The molecule has 1 aromatic carbocycles. The van der Waals surface area contributed by atoms with Gasteiger partial charge in [-0.25, -0.2) is 4.39 Å². The molecule has 106 valence electrons. The van der Waals surface area contributed by atoms with Crippen molar-refractivity contribution < 1.29 is 9.13 Å². The van der Waals surface area contributed by atoms with E-state index in [9.17, 15) is 4.39 Å². The number of ether oxygens (including phenoxy) is 1. The van der Waals surface area contributed by atoms with Crippen LogP contribution in [-0.4, -0.2) is 26.3 Å². The highest BCUT2D eigenvalue weighted by Gasteiger charge is 2.32. The lowest BCUT2D eigenvalue weighted by atomic mass is 10.1. The number of hydrogen-bond donors (Lipinski definition) is 1. The van der Waals surface area contributed by atoms with Crippen molar-refractivity contribution in [1.82, 2.24) is 0 Å². The van der Waals surface area contributed by atoms with Gasteiger partial charge in [0.15, 0.2) is 0 Å². The van der Waals surface area contributed by atoms with E-state index in [1.54, 1.807) is 7.11 Å². The fourth-order valence-electron chi connectivity index (χ4n) is 2.56. The SMILES string of the molecule is COCCN(c1ccc(F)cc1CN)C(C)C1CC1. The Hall–Kier alpha value is -1.13. The molecule has 0 aliphatic heterocycles.